The Kier molecular flexibility index (Phi) is 4.98. The van der Waals surface area contributed by atoms with Crippen LogP contribution in [0.4, 0.5) is 5.95 Å². The van der Waals surface area contributed by atoms with Crippen LogP contribution >= 0.6 is 0 Å². The zero-order chi connectivity index (χ0) is 23.1. The number of amides is 1. The van der Waals surface area contributed by atoms with Crippen LogP contribution in [0.25, 0.3) is 27.8 Å². The lowest BCUT2D eigenvalue weighted by atomic mass is 10.1. The molecule has 1 aromatic carbocycles. The molecule has 0 aliphatic carbocycles. The number of carbonyl (C=O) groups excluding carboxylic acids is 1. The van der Waals surface area contributed by atoms with E-state index in [9.17, 15) is 4.79 Å². The molecule has 8 nitrogen and oxygen atoms in total. The molecule has 0 unspecified atom stereocenters. The van der Waals surface area contributed by atoms with Gasteiger partial charge in [-0.3, -0.25) is 15.1 Å². The summed E-state index contributed by atoms with van der Waals surface area (Å²) < 4.78 is 10.0. The molecule has 0 spiro atoms. The van der Waals surface area contributed by atoms with Gasteiger partial charge in [0.25, 0.3) is 5.91 Å². The minimum atomic E-state index is -0.225. The molecule has 6 rings (SSSR count). The van der Waals surface area contributed by atoms with Crippen LogP contribution in [0.1, 0.15) is 35.3 Å². The second-order valence-electron chi connectivity index (χ2n) is 8.53. The van der Waals surface area contributed by atoms with Gasteiger partial charge in [0.15, 0.2) is 0 Å². The number of para-hydroxylation sites is 2. The zero-order valence-electron chi connectivity index (χ0n) is 18.9. The smallest absolute Gasteiger partial charge is 0.258 e. The summed E-state index contributed by atoms with van der Waals surface area (Å²) in [4.78, 5) is 22.8. The molecule has 0 saturated heterocycles. The summed E-state index contributed by atoms with van der Waals surface area (Å²) >= 11 is 0. The molecule has 5 heterocycles. The number of ether oxygens (including phenoxy) is 1. The first-order chi connectivity index (χ1) is 16.7. The Morgan fingerprint density at radius 2 is 1.82 bits per heavy atom. The van der Waals surface area contributed by atoms with Crippen LogP contribution in [0.3, 0.4) is 0 Å². The number of hydrogen-bond donors (Lipinski definition) is 1. The van der Waals surface area contributed by atoms with Crippen molar-refractivity contribution in [3.05, 3.63) is 72.1 Å². The van der Waals surface area contributed by atoms with Gasteiger partial charge in [-0.2, -0.15) is 0 Å². The van der Waals surface area contributed by atoms with Crippen molar-refractivity contribution in [1.82, 2.24) is 24.1 Å². The highest BCUT2D eigenvalue weighted by molar-refractivity contribution is 6.05. The molecule has 2 bridgehead atoms. The van der Waals surface area contributed by atoms with Gasteiger partial charge in [-0.15, -0.1) is 5.10 Å². The largest absolute Gasteiger partial charge is 0.476 e. The summed E-state index contributed by atoms with van der Waals surface area (Å²) in [6.45, 7) is 3.20. The van der Waals surface area contributed by atoms with Crippen molar-refractivity contribution in [2.24, 2.45) is 0 Å². The van der Waals surface area contributed by atoms with E-state index >= 15 is 0 Å². The first kappa shape index (κ1) is 20.4. The fourth-order valence-electron chi connectivity index (χ4n) is 4.54. The van der Waals surface area contributed by atoms with Gasteiger partial charge in [0.1, 0.15) is 0 Å². The molecule has 8 heteroatoms. The van der Waals surface area contributed by atoms with Crippen LogP contribution in [0, 0.1) is 6.92 Å². The number of carbonyl (C=O) groups is 1. The predicted octanol–water partition coefficient (Wildman–Crippen LogP) is 4.87. The third-order valence-corrected chi connectivity index (χ3v) is 6.12. The SMILES string of the molecule is Cc1cc2cc(n1)-c1c(nn3ccccc13)OCCCCCn1c(nc3ccccc31)NC2=O. The number of rotatable bonds is 0. The molecule has 0 atom stereocenters. The summed E-state index contributed by atoms with van der Waals surface area (Å²) in [5.41, 5.74) is 5.46. The van der Waals surface area contributed by atoms with Gasteiger partial charge in [0, 0.05) is 24.0 Å². The average Bonchev–Trinajstić information content (AvgIpc) is 3.38. The lowest BCUT2D eigenvalue weighted by Gasteiger charge is -2.11. The minimum absolute atomic E-state index is 0.225. The number of aromatic nitrogens is 5. The van der Waals surface area contributed by atoms with E-state index < -0.39 is 0 Å². The third-order valence-electron chi connectivity index (χ3n) is 6.12. The standard InChI is InChI=1S/C26H24N6O2/c1-17-15-18-16-20(27-17)23-22-11-5-7-13-32(22)30-25(23)34-14-8-2-6-12-31-21-10-4-3-9-19(21)28-26(31)29-24(18)33/h3-5,7,9-11,13,15-16H,2,6,8,12,14H2,1H3,(H,28,29,33). The topological polar surface area (TPSA) is 86.3 Å². The maximum absolute atomic E-state index is 13.4. The van der Waals surface area contributed by atoms with Crippen LogP contribution in [0.15, 0.2) is 60.8 Å². The number of pyridine rings is 2. The average molecular weight is 453 g/mol. The number of anilines is 1. The lowest BCUT2D eigenvalue weighted by molar-refractivity contribution is 0.102. The number of nitrogens with one attached hydrogen (secondary N) is 1. The third kappa shape index (κ3) is 3.57. The molecule has 0 radical (unpaired) electrons. The molecule has 0 saturated carbocycles. The van der Waals surface area contributed by atoms with Crippen LogP contribution in [-0.4, -0.2) is 36.7 Å². The van der Waals surface area contributed by atoms with Gasteiger partial charge in [-0.25, -0.2) is 9.50 Å². The van der Waals surface area contributed by atoms with Gasteiger partial charge in [0.2, 0.25) is 11.8 Å². The molecule has 1 aliphatic heterocycles. The molecule has 5 aromatic rings. The summed E-state index contributed by atoms with van der Waals surface area (Å²) in [6, 6.07) is 17.4. The van der Waals surface area contributed by atoms with Gasteiger partial charge < -0.3 is 9.30 Å². The molecule has 1 aliphatic rings. The van der Waals surface area contributed by atoms with Crippen LogP contribution in [0.2, 0.25) is 0 Å². The van der Waals surface area contributed by atoms with Crippen molar-refractivity contribution in [3.63, 3.8) is 0 Å². The summed E-state index contributed by atoms with van der Waals surface area (Å²) in [6.07, 6.45) is 4.71. The second-order valence-corrected chi connectivity index (χ2v) is 8.53. The number of hydrogen-bond acceptors (Lipinski definition) is 5. The highest BCUT2D eigenvalue weighted by atomic mass is 16.5. The zero-order valence-corrected chi connectivity index (χ0v) is 18.9. The van der Waals surface area contributed by atoms with Crippen molar-refractivity contribution in [2.45, 2.75) is 32.7 Å². The van der Waals surface area contributed by atoms with Gasteiger partial charge in [-0.1, -0.05) is 18.2 Å². The van der Waals surface area contributed by atoms with Gasteiger partial charge in [0.05, 0.1) is 34.4 Å². The Hall–Kier alpha value is -4.20. The van der Waals surface area contributed by atoms with Crippen molar-refractivity contribution >= 4 is 28.4 Å². The minimum Gasteiger partial charge on any atom is -0.476 e. The summed E-state index contributed by atoms with van der Waals surface area (Å²) in [5, 5.41) is 7.69. The molecular formula is C26H24N6O2. The first-order valence-corrected chi connectivity index (χ1v) is 11.5. The van der Waals surface area contributed by atoms with E-state index in [0.29, 0.717) is 29.7 Å². The highest BCUT2D eigenvalue weighted by Gasteiger charge is 2.21. The molecule has 34 heavy (non-hydrogen) atoms. The lowest BCUT2D eigenvalue weighted by Crippen LogP contribution is -2.16. The Labute approximate surface area is 196 Å². The van der Waals surface area contributed by atoms with Crippen molar-refractivity contribution < 1.29 is 9.53 Å². The number of benzene rings is 1. The van der Waals surface area contributed by atoms with Crippen LogP contribution < -0.4 is 10.1 Å². The van der Waals surface area contributed by atoms with E-state index in [4.69, 9.17) is 14.7 Å². The number of nitrogens with zero attached hydrogens (tertiary/aromatic N) is 5. The van der Waals surface area contributed by atoms with Gasteiger partial charge >= 0.3 is 0 Å². The fourth-order valence-corrected chi connectivity index (χ4v) is 4.54. The molecule has 0 fully saturated rings. The fraction of sp³-hybridized carbons (Fsp3) is 0.231. The molecule has 170 valence electrons. The predicted molar refractivity (Wildman–Crippen MR) is 130 cm³/mol. The highest BCUT2D eigenvalue weighted by Crippen LogP contribution is 2.34. The normalized spacial score (nSPS) is 14.6. The summed E-state index contributed by atoms with van der Waals surface area (Å²) in [7, 11) is 0. The van der Waals surface area contributed by atoms with E-state index in [2.05, 4.69) is 15.0 Å². The summed E-state index contributed by atoms with van der Waals surface area (Å²) in [5.74, 6) is 0.867. The van der Waals surface area contributed by atoms with E-state index in [0.717, 1.165) is 53.6 Å². The molecule has 1 N–H and O–H groups in total. The second kappa shape index (κ2) is 8.30. The Bertz CT molecular complexity index is 1530. The van der Waals surface area contributed by atoms with Crippen LogP contribution in [-0.2, 0) is 6.54 Å². The Morgan fingerprint density at radius 1 is 0.971 bits per heavy atom. The van der Waals surface area contributed by atoms with Crippen molar-refractivity contribution in [1.29, 1.82) is 0 Å². The van der Waals surface area contributed by atoms with Crippen molar-refractivity contribution in [2.75, 3.05) is 11.9 Å². The molecule has 1 amide bonds. The Morgan fingerprint density at radius 3 is 2.76 bits per heavy atom. The maximum Gasteiger partial charge on any atom is 0.258 e. The quantitative estimate of drug-likeness (QED) is 0.362. The van der Waals surface area contributed by atoms with Gasteiger partial charge in [-0.05, 0) is 62.6 Å². The molecular weight excluding hydrogens is 428 g/mol. The molecule has 4 aromatic heterocycles. The first-order valence-electron chi connectivity index (χ1n) is 11.5. The van der Waals surface area contributed by atoms with Crippen LogP contribution in [0.5, 0.6) is 5.88 Å². The maximum atomic E-state index is 13.4. The number of fused-ring (bicyclic) bond motifs is 9. The van der Waals surface area contributed by atoms with E-state index in [1.54, 1.807) is 16.6 Å². The monoisotopic (exact) mass is 452 g/mol. The Balaban J connectivity index is 1.49. The van der Waals surface area contributed by atoms with E-state index in [-0.39, 0.29) is 5.91 Å². The van der Waals surface area contributed by atoms with E-state index in [1.165, 1.54) is 0 Å². The number of aryl methyl sites for hydroxylation is 2. The number of imidazole rings is 1. The van der Waals surface area contributed by atoms with Crippen molar-refractivity contribution in [3.8, 4) is 17.1 Å². The van der Waals surface area contributed by atoms with E-state index in [1.807, 2.05) is 55.6 Å².